The molecule has 0 saturated heterocycles. The average molecular weight is 443 g/mol. The van der Waals surface area contributed by atoms with Crippen molar-refractivity contribution >= 4 is 35.3 Å². The molecule has 3 nitrogen and oxygen atoms in total. The molecule has 30 heavy (non-hydrogen) atoms. The van der Waals surface area contributed by atoms with E-state index in [9.17, 15) is 9.59 Å². The molecule has 2 aromatic rings. The summed E-state index contributed by atoms with van der Waals surface area (Å²) in [5.41, 5.74) is -0.144. The van der Waals surface area contributed by atoms with Crippen LogP contribution in [0, 0.1) is 23.2 Å². The van der Waals surface area contributed by atoms with Crippen LogP contribution >= 0.6 is 23.5 Å². The number of carbonyl (C=O) groups is 2. The van der Waals surface area contributed by atoms with Crippen molar-refractivity contribution < 1.29 is 14.3 Å². The van der Waals surface area contributed by atoms with Crippen LogP contribution in [-0.4, -0.2) is 22.9 Å². The highest BCUT2D eigenvalue weighted by atomic mass is 32.2. The van der Waals surface area contributed by atoms with Crippen LogP contribution < -0.4 is 0 Å². The maximum absolute atomic E-state index is 13.2. The number of ether oxygens (including phenoxy) is 1. The third-order valence-corrected chi connectivity index (χ3v) is 9.06. The molecule has 3 atom stereocenters. The fourth-order valence-corrected chi connectivity index (χ4v) is 7.27. The maximum atomic E-state index is 13.2. The van der Waals surface area contributed by atoms with Gasteiger partial charge in [-0.25, -0.2) is 0 Å². The predicted molar refractivity (Wildman–Crippen MR) is 125 cm³/mol. The van der Waals surface area contributed by atoms with Crippen LogP contribution in [0.1, 0.15) is 34.1 Å². The molecule has 2 aromatic carbocycles. The third-order valence-electron chi connectivity index (χ3n) is 6.23. The number of benzene rings is 2. The van der Waals surface area contributed by atoms with Crippen molar-refractivity contribution in [1.82, 2.24) is 0 Å². The van der Waals surface area contributed by atoms with Crippen molar-refractivity contribution in [1.29, 1.82) is 0 Å². The van der Waals surface area contributed by atoms with Gasteiger partial charge in [0, 0.05) is 22.6 Å². The smallest absolute Gasteiger partial charge is 0.303 e. The molecule has 160 valence electrons. The lowest BCUT2D eigenvalue weighted by atomic mass is 9.73. The van der Waals surface area contributed by atoms with E-state index >= 15 is 0 Å². The number of rotatable bonds is 8. The van der Waals surface area contributed by atoms with E-state index in [1.165, 1.54) is 16.7 Å². The summed E-state index contributed by atoms with van der Waals surface area (Å²) >= 11 is 3.66. The van der Waals surface area contributed by atoms with E-state index < -0.39 is 5.97 Å². The molecule has 5 heteroatoms. The van der Waals surface area contributed by atoms with Gasteiger partial charge in [0.1, 0.15) is 6.61 Å². The number of ketones is 1. The molecule has 1 unspecified atom stereocenters. The van der Waals surface area contributed by atoms with Gasteiger partial charge in [-0.05, 0) is 47.9 Å². The largest absolute Gasteiger partial charge is 0.458 e. The van der Waals surface area contributed by atoms with Crippen LogP contribution in [0.25, 0.3) is 0 Å². The number of carbonyl (C=O) groups excluding carboxylic acids is 2. The zero-order valence-electron chi connectivity index (χ0n) is 18.0. The van der Waals surface area contributed by atoms with Gasteiger partial charge >= 0.3 is 5.97 Å². The van der Waals surface area contributed by atoms with Gasteiger partial charge in [0.25, 0.3) is 0 Å². The van der Waals surface area contributed by atoms with Crippen molar-refractivity contribution in [2.75, 3.05) is 6.61 Å². The number of Topliss-reactive ketones (excluding diaryl/α,β-unsaturated/α-hetero) is 1. The molecule has 0 aromatic heterocycles. The van der Waals surface area contributed by atoms with Gasteiger partial charge < -0.3 is 4.74 Å². The van der Waals surface area contributed by atoms with Crippen LogP contribution in [-0.2, 0) is 14.3 Å². The van der Waals surface area contributed by atoms with E-state index in [2.05, 4.69) is 69.3 Å². The quantitative estimate of drug-likeness (QED) is 0.272. The third kappa shape index (κ3) is 5.50. The molecule has 1 aliphatic carbocycles. The fourth-order valence-electron chi connectivity index (χ4n) is 4.36. The van der Waals surface area contributed by atoms with E-state index in [-0.39, 0.29) is 34.2 Å². The van der Waals surface area contributed by atoms with Gasteiger partial charge in [-0.2, -0.15) is 0 Å². The Morgan fingerprint density at radius 3 is 1.97 bits per heavy atom. The Morgan fingerprint density at radius 2 is 1.50 bits per heavy atom. The van der Waals surface area contributed by atoms with Crippen molar-refractivity contribution in [2.24, 2.45) is 23.2 Å². The summed E-state index contributed by atoms with van der Waals surface area (Å²) in [5.74, 6) is 0.0799. The van der Waals surface area contributed by atoms with Crippen molar-refractivity contribution in [3.63, 3.8) is 0 Å². The number of thioether (sulfide) groups is 2. The highest BCUT2D eigenvalue weighted by Crippen LogP contribution is 2.57. The second kappa shape index (κ2) is 10.1. The Bertz CT molecular complexity index is 810. The minimum Gasteiger partial charge on any atom is -0.458 e. The first kappa shape index (κ1) is 23.0. The van der Waals surface area contributed by atoms with Gasteiger partial charge in [-0.3, -0.25) is 9.59 Å². The Morgan fingerprint density at radius 1 is 1.00 bits per heavy atom. The lowest BCUT2D eigenvalue weighted by Gasteiger charge is -2.34. The summed E-state index contributed by atoms with van der Waals surface area (Å²) in [6, 6.07) is 20.8. The SMILES string of the molecule is CC(=O)OCC(=O)[C@H]1[C@H](C(Sc2ccccc2)Sc2ccccc2)CC(C)C1(C)C. The van der Waals surface area contributed by atoms with Gasteiger partial charge in [-0.15, -0.1) is 23.5 Å². The zero-order chi connectivity index (χ0) is 21.7. The van der Waals surface area contributed by atoms with Crippen LogP contribution in [0.15, 0.2) is 70.5 Å². The highest BCUT2D eigenvalue weighted by molar-refractivity contribution is 8.17. The first-order valence-electron chi connectivity index (χ1n) is 10.4. The van der Waals surface area contributed by atoms with E-state index in [1.807, 2.05) is 35.7 Å². The van der Waals surface area contributed by atoms with E-state index in [0.29, 0.717) is 5.92 Å². The van der Waals surface area contributed by atoms with Crippen molar-refractivity contribution in [2.45, 2.75) is 48.5 Å². The van der Waals surface area contributed by atoms with Crippen molar-refractivity contribution in [3.8, 4) is 0 Å². The molecule has 1 fully saturated rings. The standard InChI is InChI=1S/C25H30O3S2/c1-17-15-21(23(25(17,3)4)22(27)16-28-18(2)26)24(29-19-11-7-5-8-12-19)30-20-13-9-6-10-14-20/h5-14,17,21,23-24H,15-16H2,1-4H3/t17?,21-,23-/m1/s1. The molecule has 0 amide bonds. The fraction of sp³-hybridized carbons (Fsp3) is 0.440. The summed E-state index contributed by atoms with van der Waals surface area (Å²) < 4.78 is 5.29. The topological polar surface area (TPSA) is 43.4 Å². The number of hydrogen-bond donors (Lipinski definition) is 0. The zero-order valence-corrected chi connectivity index (χ0v) is 19.7. The van der Waals surface area contributed by atoms with Gasteiger partial charge in [0.15, 0.2) is 5.78 Å². The molecule has 0 heterocycles. The van der Waals surface area contributed by atoms with Crippen molar-refractivity contribution in [3.05, 3.63) is 60.7 Å². The monoisotopic (exact) mass is 442 g/mol. The van der Waals surface area contributed by atoms with Gasteiger partial charge in [0.2, 0.25) is 0 Å². The van der Waals surface area contributed by atoms with E-state index in [4.69, 9.17) is 4.74 Å². The predicted octanol–water partition coefficient (Wildman–Crippen LogP) is 6.33. The number of esters is 1. The maximum Gasteiger partial charge on any atom is 0.303 e. The van der Waals surface area contributed by atoms with Gasteiger partial charge in [-0.1, -0.05) is 57.2 Å². The Labute approximate surface area is 188 Å². The Hall–Kier alpha value is -1.72. The van der Waals surface area contributed by atoms with Crippen LogP contribution in [0.4, 0.5) is 0 Å². The van der Waals surface area contributed by atoms with Crippen LogP contribution in [0.5, 0.6) is 0 Å². The summed E-state index contributed by atoms with van der Waals surface area (Å²) in [7, 11) is 0. The molecule has 0 N–H and O–H groups in total. The molecule has 0 bridgehead atoms. The van der Waals surface area contributed by atoms with Gasteiger partial charge in [0.05, 0.1) is 4.58 Å². The minimum absolute atomic E-state index is 0.0388. The lowest BCUT2D eigenvalue weighted by Crippen LogP contribution is -2.37. The highest BCUT2D eigenvalue weighted by Gasteiger charge is 2.53. The Balaban J connectivity index is 1.91. The summed E-state index contributed by atoms with van der Waals surface area (Å²) in [5, 5.41) is 0. The Kier molecular flexibility index (Phi) is 7.70. The second-order valence-corrected chi connectivity index (χ2v) is 11.3. The molecule has 1 saturated carbocycles. The van der Waals surface area contributed by atoms with Crippen LogP contribution in [0.2, 0.25) is 0 Å². The average Bonchev–Trinajstić information content (AvgIpc) is 2.96. The molecule has 0 spiro atoms. The summed E-state index contributed by atoms with van der Waals surface area (Å²) in [4.78, 5) is 26.9. The molecular formula is C25H30O3S2. The van der Waals surface area contributed by atoms with E-state index in [1.54, 1.807) is 0 Å². The molecule has 3 rings (SSSR count). The summed E-state index contributed by atoms with van der Waals surface area (Å²) in [6.45, 7) is 7.83. The normalized spacial score (nSPS) is 22.8. The molecule has 1 aliphatic rings. The van der Waals surface area contributed by atoms with E-state index in [0.717, 1.165) is 6.42 Å². The molecule has 0 aliphatic heterocycles. The first-order valence-corrected chi connectivity index (χ1v) is 12.1. The number of hydrogen-bond acceptors (Lipinski definition) is 5. The minimum atomic E-state index is -0.405. The second-order valence-electron chi connectivity index (χ2n) is 8.58. The molecular weight excluding hydrogens is 412 g/mol. The van der Waals surface area contributed by atoms with Crippen LogP contribution in [0.3, 0.4) is 0 Å². The first-order chi connectivity index (χ1) is 14.3. The summed E-state index contributed by atoms with van der Waals surface area (Å²) in [6.07, 6.45) is 0.980. The lowest BCUT2D eigenvalue weighted by molar-refractivity contribution is -0.148. The molecule has 0 radical (unpaired) electrons.